The van der Waals surface area contributed by atoms with Crippen LogP contribution in [-0.2, 0) is 22.4 Å². The maximum atomic E-state index is 12.9. The summed E-state index contributed by atoms with van der Waals surface area (Å²) in [4.78, 5) is 31.3. The predicted molar refractivity (Wildman–Crippen MR) is 100 cm³/mol. The molecule has 0 spiro atoms. The number of nitrogens with zero attached hydrogens (tertiary/aromatic N) is 2. The molecule has 0 radical (unpaired) electrons. The van der Waals surface area contributed by atoms with Gasteiger partial charge in [0.15, 0.2) is 0 Å². The zero-order chi connectivity index (χ0) is 18.1. The van der Waals surface area contributed by atoms with E-state index in [4.69, 9.17) is 14.5 Å². The maximum Gasteiger partial charge on any atom is 0.348 e. The molecule has 0 aromatic carbocycles. The Kier molecular flexibility index (Phi) is 5.09. The van der Waals surface area contributed by atoms with E-state index in [1.807, 2.05) is 6.92 Å². The Bertz CT molecular complexity index is 880. The summed E-state index contributed by atoms with van der Waals surface area (Å²) >= 11 is 1.27. The van der Waals surface area contributed by atoms with E-state index in [9.17, 15) is 9.59 Å². The zero-order valence-electron chi connectivity index (χ0n) is 15.1. The SMILES string of the molecule is Cc1c(C(=O)OCC2CCCCO2)sc2nc3n(c(=O)c12)CCCCC3. The molecule has 2 aromatic heterocycles. The molecule has 2 aromatic rings. The van der Waals surface area contributed by atoms with Crippen LogP contribution in [0.25, 0.3) is 10.2 Å². The van der Waals surface area contributed by atoms with Crippen molar-refractivity contribution in [1.29, 1.82) is 0 Å². The van der Waals surface area contributed by atoms with Gasteiger partial charge in [-0.1, -0.05) is 6.42 Å². The van der Waals surface area contributed by atoms with Crippen LogP contribution < -0.4 is 5.56 Å². The molecule has 0 amide bonds. The van der Waals surface area contributed by atoms with Crippen LogP contribution in [0.3, 0.4) is 0 Å². The maximum absolute atomic E-state index is 12.9. The molecule has 26 heavy (non-hydrogen) atoms. The fraction of sp³-hybridized carbons (Fsp3) is 0.632. The lowest BCUT2D eigenvalue weighted by Gasteiger charge is -2.21. The van der Waals surface area contributed by atoms with Crippen molar-refractivity contribution in [2.75, 3.05) is 13.2 Å². The Morgan fingerprint density at radius 2 is 2.19 bits per heavy atom. The average molecular weight is 376 g/mol. The van der Waals surface area contributed by atoms with E-state index in [0.717, 1.165) is 57.4 Å². The van der Waals surface area contributed by atoms with Gasteiger partial charge in [-0.05, 0) is 44.6 Å². The molecule has 0 bridgehead atoms. The molecule has 0 N–H and O–H groups in total. The quantitative estimate of drug-likeness (QED) is 0.769. The summed E-state index contributed by atoms with van der Waals surface area (Å²) in [5.74, 6) is 0.469. The van der Waals surface area contributed by atoms with Gasteiger partial charge in [0.25, 0.3) is 5.56 Å². The zero-order valence-corrected chi connectivity index (χ0v) is 15.9. The Labute approximate surface area is 156 Å². The van der Waals surface area contributed by atoms with Gasteiger partial charge in [-0.2, -0.15) is 0 Å². The van der Waals surface area contributed by atoms with Gasteiger partial charge in [0, 0.05) is 19.6 Å². The predicted octanol–water partition coefficient (Wildman–Crippen LogP) is 3.22. The lowest BCUT2D eigenvalue weighted by molar-refractivity contribution is -0.0298. The first-order chi connectivity index (χ1) is 12.6. The van der Waals surface area contributed by atoms with Crippen molar-refractivity contribution in [3.63, 3.8) is 0 Å². The summed E-state index contributed by atoms with van der Waals surface area (Å²) in [6, 6.07) is 0. The third kappa shape index (κ3) is 3.30. The van der Waals surface area contributed by atoms with Gasteiger partial charge in [-0.3, -0.25) is 9.36 Å². The van der Waals surface area contributed by atoms with Crippen LogP contribution in [0.4, 0.5) is 0 Å². The number of hydrogen-bond acceptors (Lipinski definition) is 6. The molecule has 1 saturated heterocycles. The van der Waals surface area contributed by atoms with Gasteiger partial charge in [0.2, 0.25) is 0 Å². The number of carbonyl (C=O) groups is 1. The molecule has 7 heteroatoms. The molecule has 2 aliphatic rings. The van der Waals surface area contributed by atoms with E-state index in [0.29, 0.717) is 27.2 Å². The van der Waals surface area contributed by atoms with Crippen molar-refractivity contribution in [2.24, 2.45) is 0 Å². The largest absolute Gasteiger partial charge is 0.459 e. The highest BCUT2D eigenvalue weighted by atomic mass is 32.1. The second kappa shape index (κ2) is 7.48. The molecular formula is C19H24N2O4S. The van der Waals surface area contributed by atoms with Gasteiger partial charge in [-0.15, -0.1) is 11.3 Å². The molecule has 6 nitrogen and oxygen atoms in total. The second-order valence-electron chi connectivity index (χ2n) is 7.12. The standard InChI is InChI=1S/C19H24N2O4S/c1-12-15-17(20-14-8-3-2-5-9-21(14)18(15)22)26-16(12)19(23)25-11-13-7-4-6-10-24-13/h13H,2-11H2,1H3. The van der Waals surface area contributed by atoms with Crippen LogP contribution in [0.5, 0.6) is 0 Å². The van der Waals surface area contributed by atoms with Gasteiger partial charge < -0.3 is 9.47 Å². The minimum absolute atomic E-state index is 0.0119. The highest BCUT2D eigenvalue weighted by Gasteiger charge is 2.24. The monoisotopic (exact) mass is 376 g/mol. The Morgan fingerprint density at radius 1 is 1.31 bits per heavy atom. The van der Waals surface area contributed by atoms with Gasteiger partial charge in [0.1, 0.15) is 22.1 Å². The average Bonchev–Trinajstić information content (AvgIpc) is 2.82. The topological polar surface area (TPSA) is 70.4 Å². The first-order valence-corrected chi connectivity index (χ1v) is 10.3. The van der Waals surface area contributed by atoms with E-state index in [1.165, 1.54) is 11.3 Å². The van der Waals surface area contributed by atoms with E-state index in [1.54, 1.807) is 4.57 Å². The number of aromatic nitrogens is 2. The summed E-state index contributed by atoms with van der Waals surface area (Å²) in [6.45, 7) is 3.54. The molecule has 1 atom stereocenters. The van der Waals surface area contributed by atoms with E-state index in [-0.39, 0.29) is 24.2 Å². The van der Waals surface area contributed by atoms with E-state index in [2.05, 4.69) is 0 Å². The third-order valence-corrected chi connectivity index (χ3v) is 6.44. The van der Waals surface area contributed by atoms with Gasteiger partial charge in [0.05, 0.1) is 11.5 Å². The lowest BCUT2D eigenvalue weighted by Crippen LogP contribution is -2.26. The smallest absolute Gasteiger partial charge is 0.348 e. The molecule has 1 unspecified atom stereocenters. The van der Waals surface area contributed by atoms with Crippen LogP contribution in [0.1, 0.15) is 59.6 Å². The number of aryl methyl sites for hydroxylation is 2. The number of hydrogen-bond donors (Lipinski definition) is 0. The first kappa shape index (κ1) is 17.7. The molecule has 4 rings (SSSR count). The molecule has 4 heterocycles. The summed E-state index contributed by atoms with van der Waals surface area (Å²) in [7, 11) is 0. The number of thiophene rings is 1. The van der Waals surface area contributed by atoms with Crippen molar-refractivity contribution >= 4 is 27.5 Å². The van der Waals surface area contributed by atoms with Crippen LogP contribution in [0.2, 0.25) is 0 Å². The highest BCUT2D eigenvalue weighted by molar-refractivity contribution is 7.20. The normalized spacial score (nSPS) is 20.6. The molecule has 0 aliphatic carbocycles. The second-order valence-corrected chi connectivity index (χ2v) is 8.12. The Hall–Kier alpha value is -1.73. The van der Waals surface area contributed by atoms with Crippen LogP contribution in [-0.4, -0.2) is 34.8 Å². The third-order valence-electron chi connectivity index (χ3n) is 5.27. The number of ether oxygens (including phenoxy) is 2. The molecule has 140 valence electrons. The van der Waals surface area contributed by atoms with Crippen LogP contribution >= 0.6 is 11.3 Å². The number of rotatable bonds is 3. The molecule has 2 aliphatic heterocycles. The van der Waals surface area contributed by atoms with Crippen LogP contribution in [0.15, 0.2) is 4.79 Å². The molecule has 0 saturated carbocycles. The fourth-order valence-electron chi connectivity index (χ4n) is 3.78. The van der Waals surface area contributed by atoms with E-state index >= 15 is 0 Å². The summed E-state index contributed by atoms with van der Waals surface area (Å²) < 4.78 is 12.9. The molecule has 1 fully saturated rings. The summed E-state index contributed by atoms with van der Waals surface area (Å²) in [5, 5.41) is 0.571. The minimum atomic E-state index is -0.376. The van der Waals surface area contributed by atoms with Crippen molar-refractivity contribution in [1.82, 2.24) is 9.55 Å². The van der Waals surface area contributed by atoms with Gasteiger partial charge >= 0.3 is 5.97 Å². The van der Waals surface area contributed by atoms with Crippen molar-refractivity contribution in [3.05, 3.63) is 26.6 Å². The highest BCUT2D eigenvalue weighted by Crippen LogP contribution is 2.29. The van der Waals surface area contributed by atoms with Crippen LogP contribution in [0, 0.1) is 6.92 Å². The van der Waals surface area contributed by atoms with Gasteiger partial charge in [-0.25, -0.2) is 9.78 Å². The molecular weight excluding hydrogens is 352 g/mol. The van der Waals surface area contributed by atoms with Crippen molar-refractivity contribution < 1.29 is 14.3 Å². The van der Waals surface area contributed by atoms with Crippen molar-refractivity contribution in [3.8, 4) is 0 Å². The number of esters is 1. The minimum Gasteiger partial charge on any atom is -0.459 e. The Morgan fingerprint density at radius 3 is 3.00 bits per heavy atom. The van der Waals surface area contributed by atoms with E-state index < -0.39 is 0 Å². The number of fused-ring (bicyclic) bond motifs is 2. The summed E-state index contributed by atoms with van der Waals surface area (Å²) in [5.41, 5.74) is 0.673. The Balaban J connectivity index is 1.61. The summed E-state index contributed by atoms with van der Waals surface area (Å²) in [6.07, 6.45) is 7.09. The lowest BCUT2D eigenvalue weighted by atomic mass is 10.1. The van der Waals surface area contributed by atoms with Crippen molar-refractivity contribution in [2.45, 2.75) is 64.5 Å². The fourth-order valence-corrected chi connectivity index (χ4v) is 4.86. The first-order valence-electron chi connectivity index (χ1n) is 9.46. The number of carbonyl (C=O) groups excluding carboxylic acids is 1.